The first-order valence-electron chi connectivity index (χ1n) is 7.27. The molecule has 0 saturated heterocycles. The van der Waals surface area contributed by atoms with Gasteiger partial charge in [-0.2, -0.15) is 18.4 Å². The maximum absolute atomic E-state index is 13.1. The number of hydrogen-bond donors (Lipinski definition) is 1. The van der Waals surface area contributed by atoms with Gasteiger partial charge in [-0.25, -0.2) is 13.4 Å². The van der Waals surface area contributed by atoms with Crippen LogP contribution < -0.4 is 0 Å². The zero-order valence-electron chi connectivity index (χ0n) is 13.4. The summed E-state index contributed by atoms with van der Waals surface area (Å²) in [6, 6.07) is 5.66. The molecule has 1 heterocycles. The van der Waals surface area contributed by atoms with E-state index in [0.717, 1.165) is 12.1 Å². The van der Waals surface area contributed by atoms with Crippen molar-refractivity contribution in [3.8, 4) is 6.07 Å². The predicted molar refractivity (Wildman–Crippen MR) is 86.3 cm³/mol. The van der Waals surface area contributed by atoms with Gasteiger partial charge in [0.25, 0.3) is 0 Å². The molecule has 1 N–H and O–H groups in total. The number of benzene rings is 1. The van der Waals surface area contributed by atoms with E-state index in [0.29, 0.717) is 6.07 Å². The molecule has 1 aromatic heterocycles. The van der Waals surface area contributed by atoms with Gasteiger partial charge in [0.05, 0.1) is 33.8 Å². The summed E-state index contributed by atoms with van der Waals surface area (Å²) in [7, 11) is -4.35. The highest BCUT2D eigenvalue weighted by molar-refractivity contribution is 7.92. The fourth-order valence-electron chi connectivity index (χ4n) is 2.23. The van der Waals surface area contributed by atoms with Gasteiger partial charge >= 0.3 is 6.18 Å². The molecule has 0 amide bonds. The molecule has 0 saturated carbocycles. The molecule has 0 aliphatic rings. The summed E-state index contributed by atoms with van der Waals surface area (Å²) >= 11 is 0. The first-order valence-corrected chi connectivity index (χ1v) is 8.82. The Balaban J connectivity index is 2.33. The third-order valence-electron chi connectivity index (χ3n) is 3.58. The van der Waals surface area contributed by atoms with Crippen molar-refractivity contribution < 1.29 is 21.6 Å². The lowest BCUT2D eigenvalue weighted by molar-refractivity contribution is -0.139. The van der Waals surface area contributed by atoms with Crippen LogP contribution in [0.2, 0.25) is 0 Å². The van der Waals surface area contributed by atoms with Gasteiger partial charge in [-0.3, -0.25) is 4.98 Å². The van der Waals surface area contributed by atoms with Crippen LogP contribution in [0, 0.1) is 16.7 Å². The summed E-state index contributed by atoms with van der Waals surface area (Å²) in [5.41, 5.74) is -1.54. The van der Waals surface area contributed by atoms with Gasteiger partial charge in [0, 0.05) is 6.42 Å². The second-order valence-electron chi connectivity index (χ2n) is 5.43. The Morgan fingerprint density at radius 1 is 1.31 bits per heavy atom. The minimum Gasteiger partial charge on any atom is -0.303 e. The zero-order valence-corrected chi connectivity index (χ0v) is 14.3. The summed E-state index contributed by atoms with van der Waals surface area (Å²) in [5.74, 6) is 0. The molecule has 136 valence electrons. The molecule has 2 rings (SSSR count). The van der Waals surface area contributed by atoms with Gasteiger partial charge in [-0.15, -0.1) is 0 Å². The number of aromatic nitrogens is 2. The summed E-state index contributed by atoms with van der Waals surface area (Å²) in [5, 5.41) is 15.4. The van der Waals surface area contributed by atoms with E-state index in [9.17, 15) is 21.6 Å². The minimum absolute atomic E-state index is 0.00444. The van der Waals surface area contributed by atoms with Gasteiger partial charge in [-0.1, -0.05) is 12.1 Å². The van der Waals surface area contributed by atoms with Crippen molar-refractivity contribution in [2.45, 2.75) is 29.7 Å². The van der Waals surface area contributed by atoms with E-state index in [1.54, 1.807) is 6.07 Å². The third-order valence-corrected chi connectivity index (χ3v) is 5.77. The third kappa shape index (κ3) is 4.05. The predicted octanol–water partition coefficient (Wildman–Crippen LogP) is 2.99. The van der Waals surface area contributed by atoms with Crippen molar-refractivity contribution in [2.75, 3.05) is 0 Å². The largest absolute Gasteiger partial charge is 0.417 e. The number of halogens is 3. The fourth-order valence-corrected chi connectivity index (χ4v) is 3.81. The summed E-state index contributed by atoms with van der Waals surface area (Å²) in [6.45, 7) is 1.22. The average molecular weight is 382 g/mol. The Labute approximate surface area is 147 Å². The van der Waals surface area contributed by atoms with Crippen LogP contribution in [0.15, 0.2) is 41.6 Å². The SMILES string of the molecule is C[C@@H](CC(=N)c1cncc(C#N)n1)S(=O)(=O)c1ccccc1C(F)(F)F. The molecule has 0 radical (unpaired) electrons. The Morgan fingerprint density at radius 2 is 1.96 bits per heavy atom. The fraction of sp³-hybridized carbons (Fsp3) is 0.250. The van der Waals surface area contributed by atoms with Crippen LogP contribution in [0.5, 0.6) is 0 Å². The minimum atomic E-state index is -4.82. The quantitative estimate of drug-likeness (QED) is 0.800. The van der Waals surface area contributed by atoms with Crippen LogP contribution in [0.25, 0.3) is 0 Å². The maximum atomic E-state index is 13.1. The Kier molecular flexibility index (Phi) is 5.41. The van der Waals surface area contributed by atoms with E-state index < -0.39 is 31.7 Å². The monoisotopic (exact) mass is 382 g/mol. The van der Waals surface area contributed by atoms with Crippen LogP contribution in [-0.4, -0.2) is 29.3 Å². The summed E-state index contributed by atoms with van der Waals surface area (Å²) < 4.78 is 64.5. The maximum Gasteiger partial charge on any atom is 0.417 e. The van der Waals surface area contributed by atoms with Crippen molar-refractivity contribution in [2.24, 2.45) is 0 Å². The van der Waals surface area contributed by atoms with Crippen molar-refractivity contribution >= 4 is 15.5 Å². The lowest BCUT2D eigenvalue weighted by Gasteiger charge is -2.17. The Bertz CT molecular complexity index is 981. The van der Waals surface area contributed by atoms with Gasteiger partial charge in [-0.05, 0) is 19.1 Å². The van der Waals surface area contributed by atoms with E-state index in [-0.39, 0.29) is 23.5 Å². The van der Waals surface area contributed by atoms with Gasteiger partial charge < -0.3 is 5.41 Å². The number of rotatable bonds is 5. The van der Waals surface area contributed by atoms with Crippen molar-refractivity contribution in [1.29, 1.82) is 10.7 Å². The number of nitrogens with one attached hydrogen (secondary N) is 1. The van der Waals surface area contributed by atoms with Crippen LogP contribution in [0.1, 0.15) is 30.3 Å². The van der Waals surface area contributed by atoms with E-state index >= 15 is 0 Å². The number of nitrogens with zero attached hydrogens (tertiary/aromatic N) is 3. The van der Waals surface area contributed by atoms with Gasteiger partial charge in [0.15, 0.2) is 15.5 Å². The first-order chi connectivity index (χ1) is 12.1. The van der Waals surface area contributed by atoms with E-state index in [4.69, 9.17) is 10.7 Å². The molecule has 0 aliphatic carbocycles. The number of sulfone groups is 1. The van der Waals surface area contributed by atoms with Crippen LogP contribution in [0.4, 0.5) is 13.2 Å². The van der Waals surface area contributed by atoms with Crippen molar-refractivity contribution in [3.63, 3.8) is 0 Å². The summed E-state index contributed by atoms with van der Waals surface area (Å²) in [4.78, 5) is 6.73. The molecular formula is C16H13F3N4O2S. The molecule has 0 fully saturated rings. The Morgan fingerprint density at radius 3 is 2.58 bits per heavy atom. The van der Waals surface area contributed by atoms with Crippen LogP contribution in [-0.2, 0) is 16.0 Å². The molecule has 1 atom stereocenters. The molecule has 6 nitrogen and oxygen atoms in total. The highest BCUT2D eigenvalue weighted by Crippen LogP contribution is 2.35. The molecule has 0 unspecified atom stereocenters. The second kappa shape index (κ2) is 7.21. The number of nitriles is 1. The average Bonchev–Trinajstić information content (AvgIpc) is 2.60. The molecule has 0 spiro atoms. The standard InChI is InChI=1S/C16H13F3N4O2S/c1-10(6-13(21)14-9-22-8-11(7-20)23-14)26(24,25)15-5-3-2-4-12(15)16(17,18)19/h2-5,8-10,21H,6H2,1H3/t10-/m0/s1. The van der Waals surface area contributed by atoms with E-state index in [1.807, 2.05) is 0 Å². The molecule has 2 aromatic rings. The molecule has 0 aliphatic heterocycles. The smallest absolute Gasteiger partial charge is 0.303 e. The first kappa shape index (κ1) is 19.5. The molecule has 10 heteroatoms. The molecule has 0 bridgehead atoms. The molecule has 1 aromatic carbocycles. The summed E-state index contributed by atoms with van der Waals surface area (Å²) in [6.07, 6.45) is -2.83. The highest BCUT2D eigenvalue weighted by atomic mass is 32.2. The van der Waals surface area contributed by atoms with Crippen LogP contribution in [0.3, 0.4) is 0 Å². The normalized spacial score (nSPS) is 13.0. The Hall–Kier alpha value is -2.80. The lowest BCUT2D eigenvalue weighted by Crippen LogP contribution is -2.25. The topological polar surface area (TPSA) is 108 Å². The molecule has 26 heavy (non-hydrogen) atoms. The molecular weight excluding hydrogens is 369 g/mol. The second-order valence-corrected chi connectivity index (χ2v) is 7.77. The number of alkyl halides is 3. The van der Waals surface area contributed by atoms with E-state index in [2.05, 4.69) is 9.97 Å². The van der Waals surface area contributed by atoms with E-state index in [1.165, 1.54) is 25.4 Å². The van der Waals surface area contributed by atoms with Gasteiger partial charge in [0.2, 0.25) is 0 Å². The van der Waals surface area contributed by atoms with Crippen LogP contribution >= 0.6 is 0 Å². The highest BCUT2D eigenvalue weighted by Gasteiger charge is 2.38. The lowest BCUT2D eigenvalue weighted by atomic mass is 10.1. The zero-order chi connectivity index (χ0) is 19.5. The number of hydrogen-bond acceptors (Lipinski definition) is 6. The van der Waals surface area contributed by atoms with Crippen molar-refractivity contribution in [3.05, 3.63) is 53.6 Å². The van der Waals surface area contributed by atoms with Crippen molar-refractivity contribution in [1.82, 2.24) is 9.97 Å². The van der Waals surface area contributed by atoms with Gasteiger partial charge in [0.1, 0.15) is 11.8 Å².